The second-order valence-electron chi connectivity index (χ2n) is 9.95. The highest BCUT2D eigenvalue weighted by molar-refractivity contribution is 5.82. The Morgan fingerprint density at radius 2 is 1.65 bits per heavy atom. The van der Waals surface area contributed by atoms with E-state index in [-0.39, 0.29) is 6.03 Å². The van der Waals surface area contributed by atoms with Crippen LogP contribution in [0.15, 0.2) is 54.9 Å². The number of benzene rings is 1. The predicted octanol–water partition coefficient (Wildman–Crippen LogP) is 3.03. The lowest BCUT2D eigenvalue weighted by molar-refractivity contribution is 0.177. The van der Waals surface area contributed by atoms with Crippen molar-refractivity contribution in [2.45, 2.75) is 12.8 Å². The summed E-state index contributed by atoms with van der Waals surface area (Å²) < 4.78 is 6.93. The smallest absolute Gasteiger partial charge is 0.317 e. The summed E-state index contributed by atoms with van der Waals surface area (Å²) in [4.78, 5) is 33.2. The van der Waals surface area contributed by atoms with Gasteiger partial charge in [0.25, 0.3) is 0 Å². The molecular formula is C28H34N10O2. The Morgan fingerprint density at radius 3 is 2.38 bits per heavy atom. The van der Waals surface area contributed by atoms with Crippen LogP contribution in [0, 0.1) is 0 Å². The van der Waals surface area contributed by atoms with Crippen LogP contribution >= 0.6 is 0 Å². The molecule has 208 valence electrons. The number of carbonyl (C=O) groups is 1. The number of aromatic nitrogens is 5. The molecule has 0 atom stereocenters. The summed E-state index contributed by atoms with van der Waals surface area (Å²) >= 11 is 0. The highest BCUT2D eigenvalue weighted by Gasteiger charge is 2.24. The first kappa shape index (κ1) is 25.8. The topological polar surface area (TPSA) is 117 Å². The number of para-hydroxylation sites is 1. The highest BCUT2D eigenvalue weighted by atomic mass is 16.5. The molecule has 2 aliphatic heterocycles. The molecule has 6 rings (SSSR count). The number of amides is 2. The van der Waals surface area contributed by atoms with Gasteiger partial charge in [-0.05, 0) is 25.0 Å². The summed E-state index contributed by atoms with van der Waals surface area (Å²) in [5.74, 6) is 2.89. The summed E-state index contributed by atoms with van der Waals surface area (Å²) in [6, 6.07) is 14.0. The van der Waals surface area contributed by atoms with Crippen LogP contribution < -0.4 is 20.4 Å². The van der Waals surface area contributed by atoms with Crippen molar-refractivity contribution in [2.75, 3.05) is 74.6 Å². The molecule has 12 heteroatoms. The average Bonchev–Trinajstić information content (AvgIpc) is 3.68. The molecule has 0 unspecified atom stereocenters. The summed E-state index contributed by atoms with van der Waals surface area (Å²) in [5, 5.41) is 11.8. The van der Waals surface area contributed by atoms with Crippen molar-refractivity contribution in [2.24, 2.45) is 0 Å². The molecule has 40 heavy (non-hydrogen) atoms. The van der Waals surface area contributed by atoms with E-state index in [4.69, 9.17) is 14.7 Å². The van der Waals surface area contributed by atoms with Gasteiger partial charge in [-0.25, -0.2) is 14.5 Å². The van der Waals surface area contributed by atoms with Gasteiger partial charge in [0.1, 0.15) is 17.5 Å². The number of fused-ring (bicyclic) bond motifs is 1. The Labute approximate surface area is 233 Å². The third-order valence-corrected chi connectivity index (χ3v) is 7.30. The fourth-order valence-electron chi connectivity index (χ4n) is 5.14. The molecule has 2 fully saturated rings. The largest absolute Gasteiger partial charge is 0.383 e. The van der Waals surface area contributed by atoms with Gasteiger partial charge in [-0.3, -0.25) is 0 Å². The number of anilines is 4. The molecule has 0 spiro atoms. The lowest BCUT2D eigenvalue weighted by Crippen LogP contribution is -2.52. The number of pyridine rings is 1. The Hall–Kier alpha value is -4.45. The molecule has 2 saturated heterocycles. The SMILES string of the molecule is COCCNC(=O)N1CCN(c2cc(N3CCCC3)nc(Nc3cc4c(cn3)cnn4-c3ccccc3)n2)CC1. The molecular weight excluding hydrogens is 508 g/mol. The van der Waals surface area contributed by atoms with Gasteiger partial charge in [0.05, 0.1) is 24.0 Å². The third-order valence-electron chi connectivity index (χ3n) is 7.30. The lowest BCUT2D eigenvalue weighted by atomic mass is 10.3. The lowest BCUT2D eigenvalue weighted by Gasteiger charge is -2.35. The van der Waals surface area contributed by atoms with E-state index in [1.807, 2.05) is 58.4 Å². The predicted molar refractivity (Wildman–Crippen MR) is 155 cm³/mol. The summed E-state index contributed by atoms with van der Waals surface area (Å²) in [7, 11) is 1.63. The summed E-state index contributed by atoms with van der Waals surface area (Å²) in [6.07, 6.45) is 5.94. The number of methoxy groups -OCH3 is 1. The molecule has 12 nitrogen and oxygen atoms in total. The minimum atomic E-state index is -0.0595. The molecule has 2 N–H and O–H groups in total. The van der Waals surface area contributed by atoms with Crippen molar-refractivity contribution >= 4 is 40.3 Å². The van der Waals surface area contributed by atoms with E-state index < -0.39 is 0 Å². The first-order valence-corrected chi connectivity index (χ1v) is 13.7. The standard InChI is InChI=1S/C28H34N10O2/c1-40-16-9-29-28(39)37-14-12-36(13-15-37)26-18-25(35-10-5-6-11-35)33-27(34-26)32-24-17-23-21(19-30-24)20-31-38(23)22-7-3-2-4-8-22/h2-4,7-8,17-20H,5-6,9-16H2,1H3,(H,29,39)(H,30,32,33,34). The zero-order chi connectivity index (χ0) is 27.3. The monoisotopic (exact) mass is 542 g/mol. The van der Waals surface area contributed by atoms with E-state index in [1.54, 1.807) is 7.11 Å². The van der Waals surface area contributed by atoms with E-state index in [1.165, 1.54) is 0 Å². The van der Waals surface area contributed by atoms with Gasteiger partial charge >= 0.3 is 6.03 Å². The van der Waals surface area contributed by atoms with Crippen LogP contribution in [0.5, 0.6) is 0 Å². The number of rotatable bonds is 8. The number of nitrogens with zero attached hydrogens (tertiary/aromatic N) is 8. The number of nitrogens with one attached hydrogen (secondary N) is 2. The van der Waals surface area contributed by atoms with Gasteiger partial charge in [-0.15, -0.1) is 0 Å². The number of hydrogen-bond donors (Lipinski definition) is 2. The molecule has 0 bridgehead atoms. The van der Waals surface area contributed by atoms with Crippen LogP contribution in [0.4, 0.5) is 28.2 Å². The normalized spacial score (nSPS) is 15.6. The van der Waals surface area contributed by atoms with Crippen LogP contribution in [0.2, 0.25) is 0 Å². The van der Waals surface area contributed by atoms with E-state index >= 15 is 0 Å². The average molecular weight is 543 g/mol. The highest BCUT2D eigenvalue weighted by Crippen LogP contribution is 2.27. The van der Waals surface area contributed by atoms with Crippen molar-refractivity contribution in [3.05, 3.63) is 54.9 Å². The zero-order valence-electron chi connectivity index (χ0n) is 22.7. The second-order valence-corrected chi connectivity index (χ2v) is 9.95. The van der Waals surface area contributed by atoms with Crippen LogP contribution in [0.25, 0.3) is 16.6 Å². The first-order valence-electron chi connectivity index (χ1n) is 13.7. The molecule has 2 amide bonds. The maximum atomic E-state index is 12.5. The van der Waals surface area contributed by atoms with Gasteiger partial charge in [0.2, 0.25) is 5.95 Å². The summed E-state index contributed by atoms with van der Waals surface area (Å²) in [5.41, 5.74) is 1.93. The summed E-state index contributed by atoms with van der Waals surface area (Å²) in [6.45, 7) is 5.57. The van der Waals surface area contributed by atoms with E-state index in [0.717, 1.165) is 54.2 Å². The molecule has 0 saturated carbocycles. The van der Waals surface area contributed by atoms with Crippen LogP contribution in [0.1, 0.15) is 12.8 Å². The molecule has 3 aromatic heterocycles. The fraction of sp³-hybridized carbons (Fsp3) is 0.393. The van der Waals surface area contributed by atoms with E-state index in [0.29, 0.717) is 51.1 Å². The Kier molecular flexibility index (Phi) is 7.58. The third kappa shape index (κ3) is 5.62. The second kappa shape index (κ2) is 11.7. The molecule has 4 aromatic rings. The van der Waals surface area contributed by atoms with E-state index in [2.05, 4.69) is 36.6 Å². The molecule has 0 radical (unpaired) electrons. The molecule has 2 aliphatic rings. The maximum Gasteiger partial charge on any atom is 0.317 e. The Balaban J connectivity index is 1.23. The van der Waals surface area contributed by atoms with Crippen molar-refractivity contribution in [3.63, 3.8) is 0 Å². The maximum absolute atomic E-state index is 12.5. The van der Waals surface area contributed by atoms with Gasteiger partial charge in [-0.1, -0.05) is 18.2 Å². The quantitative estimate of drug-likeness (QED) is 0.324. The first-order chi connectivity index (χ1) is 19.7. The van der Waals surface area contributed by atoms with Gasteiger partial charge in [-0.2, -0.15) is 15.1 Å². The zero-order valence-corrected chi connectivity index (χ0v) is 22.7. The van der Waals surface area contributed by atoms with Crippen molar-refractivity contribution < 1.29 is 9.53 Å². The van der Waals surface area contributed by atoms with Crippen LogP contribution in [-0.2, 0) is 4.74 Å². The van der Waals surface area contributed by atoms with Gasteiger partial charge < -0.3 is 30.1 Å². The molecule has 0 aliphatic carbocycles. The van der Waals surface area contributed by atoms with Gasteiger partial charge in [0.15, 0.2) is 0 Å². The van der Waals surface area contributed by atoms with E-state index in [9.17, 15) is 4.79 Å². The molecule has 1 aromatic carbocycles. The van der Waals surface area contributed by atoms with Crippen LogP contribution in [0.3, 0.4) is 0 Å². The number of piperazine rings is 1. The number of carbonyl (C=O) groups excluding carboxylic acids is 1. The fourth-order valence-corrected chi connectivity index (χ4v) is 5.14. The Bertz CT molecular complexity index is 1450. The number of ether oxygens (including phenoxy) is 1. The number of urea groups is 1. The molecule has 5 heterocycles. The van der Waals surface area contributed by atoms with Crippen LogP contribution in [-0.4, -0.2) is 95.2 Å². The number of hydrogen-bond acceptors (Lipinski definition) is 9. The minimum Gasteiger partial charge on any atom is -0.383 e. The minimum absolute atomic E-state index is 0.0595. The van der Waals surface area contributed by atoms with Crippen molar-refractivity contribution in [3.8, 4) is 5.69 Å². The Morgan fingerprint density at radius 1 is 0.925 bits per heavy atom. The van der Waals surface area contributed by atoms with Gasteiger partial charge in [0, 0.05) is 76.6 Å². The van der Waals surface area contributed by atoms with Crippen molar-refractivity contribution in [1.29, 1.82) is 0 Å². The van der Waals surface area contributed by atoms with Crippen molar-refractivity contribution in [1.82, 2.24) is 34.9 Å².